The van der Waals surface area contributed by atoms with Crippen molar-refractivity contribution in [2.24, 2.45) is 0 Å². The van der Waals surface area contributed by atoms with Crippen molar-refractivity contribution in [1.82, 2.24) is 19.7 Å². The molecule has 0 unspecified atom stereocenters. The van der Waals surface area contributed by atoms with Crippen LogP contribution < -0.4 is 4.74 Å². The number of thioether (sulfide) groups is 1. The summed E-state index contributed by atoms with van der Waals surface area (Å²) >= 11 is 7.89. The molecule has 1 saturated carbocycles. The number of benzene rings is 1. The maximum absolute atomic E-state index is 6.22. The van der Waals surface area contributed by atoms with E-state index in [9.17, 15) is 0 Å². The molecule has 0 aliphatic heterocycles. The zero-order valence-electron chi connectivity index (χ0n) is 15.1. The minimum absolute atomic E-state index is 0.476. The lowest BCUT2D eigenvalue weighted by atomic mass is 10.2. The quantitative estimate of drug-likeness (QED) is 0.492. The van der Waals surface area contributed by atoms with E-state index in [4.69, 9.17) is 16.3 Å². The van der Waals surface area contributed by atoms with Crippen LogP contribution in [0.5, 0.6) is 5.75 Å². The number of halogens is 1. The third kappa shape index (κ3) is 4.45. The summed E-state index contributed by atoms with van der Waals surface area (Å²) in [6.45, 7) is 3.51. The van der Waals surface area contributed by atoms with Crippen LogP contribution in [0.2, 0.25) is 5.02 Å². The Hall–Kier alpha value is -2.05. The van der Waals surface area contributed by atoms with Crippen LogP contribution >= 0.6 is 23.4 Å². The Morgan fingerprint density at radius 2 is 2.15 bits per heavy atom. The Kier molecular flexibility index (Phi) is 5.64. The monoisotopic (exact) mass is 400 g/mol. The zero-order chi connectivity index (χ0) is 18.6. The minimum atomic E-state index is 0.476. The fourth-order valence-corrected chi connectivity index (χ4v) is 4.12. The van der Waals surface area contributed by atoms with Gasteiger partial charge in [-0.15, -0.1) is 10.2 Å². The molecule has 4 rings (SSSR count). The van der Waals surface area contributed by atoms with Crippen molar-refractivity contribution in [3.8, 4) is 5.75 Å². The SMILES string of the molecule is CCn1c(SCc2cc(Cl)ccc2OCc2cccnc2)nnc1C1CC1. The molecule has 27 heavy (non-hydrogen) atoms. The smallest absolute Gasteiger partial charge is 0.191 e. The fourth-order valence-electron chi connectivity index (χ4n) is 2.94. The molecular weight excluding hydrogens is 380 g/mol. The Labute approximate surface area is 168 Å². The molecule has 1 aromatic carbocycles. The number of hydrogen-bond donors (Lipinski definition) is 0. The Balaban J connectivity index is 1.47. The second kappa shape index (κ2) is 8.31. The number of nitrogens with zero attached hydrogens (tertiary/aromatic N) is 4. The van der Waals surface area contributed by atoms with E-state index in [1.54, 1.807) is 18.0 Å². The van der Waals surface area contributed by atoms with Gasteiger partial charge >= 0.3 is 0 Å². The molecule has 1 aliphatic carbocycles. The molecular formula is C20H21ClN4OS. The van der Waals surface area contributed by atoms with Gasteiger partial charge in [-0.3, -0.25) is 4.98 Å². The van der Waals surface area contributed by atoms with Crippen LogP contribution in [-0.4, -0.2) is 19.7 Å². The van der Waals surface area contributed by atoms with E-state index < -0.39 is 0 Å². The Bertz CT molecular complexity index is 912. The largest absolute Gasteiger partial charge is 0.489 e. The molecule has 0 atom stereocenters. The molecule has 1 aliphatic rings. The second-order valence-electron chi connectivity index (χ2n) is 6.55. The molecule has 0 N–H and O–H groups in total. The first-order chi connectivity index (χ1) is 13.2. The Morgan fingerprint density at radius 1 is 1.26 bits per heavy atom. The van der Waals surface area contributed by atoms with Crippen LogP contribution in [0.15, 0.2) is 47.9 Å². The van der Waals surface area contributed by atoms with Gasteiger partial charge in [0.1, 0.15) is 18.2 Å². The fraction of sp³-hybridized carbons (Fsp3) is 0.350. The van der Waals surface area contributed by atoms with E-state index >= 15 is 0 Å². The molecule has 2 heterocycles. The highest BCUT2D eigenvalue weighted by Crippen LogP contribution is 2.40. The summed E-state index contributed by atoms with van der Waals surface area (Å²) in [5.41, 5.74) is 2.08. The first-order valence-electron chi connectivity index (χ1n) is 9.10. The lowest BCUT2D eigenvalue weighted by Gasteiger charge is -2.12. The number of aromatic nitrogens is 4. The second-order valence-corrected chi connectivity index (χ2v) is 7.93. The molecule has 0 bridgehead atoms. The molecule has 0 amide bonds. The molecule has 0 saturated heterocycles. The highest BCUT2D eigenvalue weighted by molar-refractivity contribution is 7.98. The van der Waals surface area contributed by atoms with Crippen LogP contribution in [0.3, 0.4) is 0 Å². The lowest BCUT2D eigenvalue weighted by Crippen LogP contribution is -2.02. The van der Waals surface area contributed by atoms with Crippen molar-refractivity contribution < 1.29 is 4.74 Å². The maximum Gasteiger partial charge on any atom is 0.191 e. The molecule has 0 spiro atoms. The van der Waals surface area contributed by atoms with Crippen LogP contribution in [0.25, 0.3) is 0 Å². The number of hydrogen-bond acceptors (Lipinski definition) is 5. The van der Waals surface area contributed by atoms with E-state index in [1.807, 2.05) is 36.5 Å². The van der Waals surface area contributed by atoms with Crippen molar-refractivity contribution in [3.63, 3.8) is 0 Å². The van der Waals surface area contributed by atoms with Crippen molar-refractivity contribution in [2.45, 2.75) is 49.7 Å². The van der Waals surface area contributed by atoms with E-state index in [-0.39, 0.29) is 0 Å². The molecule has 2 aromatic heterocycles. The van der Waals surface area contributed by atoms with Crippen molar-refractivity contribution in [1.29, 1.82) is 0 Å². The average Bonchev–Trinajstić information content (AvgIpc) is 3.46. The summed E-state index contributed by atoms with van der Waals surface area (Å²) in [4.78, 5) is 4.13. The van der Waals surface area contributed by atoms with Gasteiger partial charge in [0.25, 0.3) is 0 Å². The van der Waals surface area contributed by atoms with Crippen molar-refractivity contribution >= 4 is 23.4 Å². The predicted molar refractivity (Wildman–Crippen MR) is 107 cm³/mol. The number of pyridine rings is 1. The third-order valence-electron chi connectivity index (χ3n) is 4.50. The van der Waals surface area contributed by atoms with Crippen molar-refractivity contribution in [2.75, 3.05) is 0 Å². The summed E-state index contributed by atoms with van der Waals surface area (Å²) in [5, 5.41) is 10.5. The molecule has 7 heteroatoms. The standard InChI is InChI=1S/C20H21ClN4OS/c1-2-25-19(15-5-6-15)23-24-20(25)27-13-16-10-17(21)7-8-18(16)26-12-14-4-3-9-22-11-14/h3-4,7-11,15H,2,5-6,12-13H2,1H3. The zero-order valence-corrected chi connectivity index (χ0v) is 16.7. The summed E-state index contributed by atoms with van der Waals surface area (Å²) in [6, 6.07) is 9.65. The highest BCUT2D eigenvalue weighted by atomic mass is 35.5. The van der Waals surface area contributed by atoms with Crippen LogP contribution in [0.4, 0.5) is 0 Å². The molecule has 3 aromatic rings. The number of ether oxygens (including phenoxy) is 1. The Morgan fingerprint density at radius 3 is 2.89 bits per heavy atom. The lowest BCUT2D eigenvalue weighted by molar-refractivity contribution is 0.303. The summed E-state index contributed by atoms with van der Waals surface area (Å²) in [5.74, 6) is 3.28. The van der Waals surface area contributed by atoms with Gasteiger partial charge in [-0.2, -0.15) is 0 Å². The topological polar surface area (TPSA) is 52.8 Å². The molecule has 140 valence electrons. The number of rotatable bonds is 8. The van der Waals surface area contributed by atoms with Gasteiger partial charge in [-0.25, -0.2) is 0 Å². The summed E-state index contributed by atoms with van der Waals surface area (Å²) in [6.07, 6.45) is 6.02. The molecule has 5 nitrogen and oxygen atoms in total. The predicted octanol–water partition coefficient (Wildman–Crippen LogP) is 5.10. The van der Waals surface area contributed by atoms with Gasteiger partial charge in [-0.05, 0) is 44.0 Å². The highest BCUT2D eigenvalue weighted by Gasteiger charge is 2.30. The molecule has 0 radical (unpaired) electrons. The summed E-state index contributed by atoms with van der Waals surface area (Å²) in [7, 11) is 0. The average molecular weight is 401 g/mol. The van der Waals surface area contributed by atoms with Gasteiger partial charge in [-0.1, -0.05) is 29.4 Å². The third-order valence-corrected chi connectivity index (χ3v) is 5.75. The van der Waals surface area contributed by atoms with Gasteiger partial charge in [0, 0.05) is 46.8 Å². The van der Waals surface area contributed by atoms with E-state index in [0.29, 0.717) is 17.5 Å². The van der Waals surface area contributed by atoms with E-state index in [2.05, 4.69) is 26.7 Å². The van der Waals surface area contributed by atoms with Crippen LogP contribution in [0.1, 0.15) is 42.6 Å². The van der Waals surface area contributed by atoms with Gasteiger partial charge in [0.05, 0.1) is 0 Å². The normalized spacial score (nSPS) is 13.7. The van der Waals surface area contributed by atoms with Crippen LogP contribution in [0, 0.1) is 0 Å². The van der Waals surface area contributed by atoms with E-state index in [1.165, 1.54) is 12.8 Å². The van der Waals surface area contributed by atoms with Gasteiger partial charge < -0.3 is 9.30 Å². The minimum Gasteiger partial charge on any atom is -0.489 e. The molecule has 1 fully saturated rings. The first kappa shape index (κ1) is 18.3. The van der Waals surface area contributed by atoms with E-state index in [0.717, 1.165) is 40.2 Å². The first-order valence-corrected chi connectivity index (χ1v) is 10.5. The van der Waals surface area contributed by atoms with Crippen LogP contribution in [-0.2, 0) is 18.9 Å². The van der Waals surface area contributed by atoms with Gasteiger partial charge in [0.15, 0.2) is 5.16 Å². The summed E-state index contributed by atoms with van der Waals surface area (Å²) < 4.78 is 8.25. The van der Waals surface area contributed by atoms with Gasteiger partial charge in [0.2, 0.25) is 0 Å². The van der Waals surface area contributed by atoms with Crippen molar-refractivity contribution in [3.05, 3.63) is 64.7 Å². The maximum atomic E-state index is 6.22.